The molecule has 0 radical (unpaired) electrons. The number of nitrogens with one attached hydrogen (secondary N) is 1. The molecule has 3 heterocycles. The zero-order chi connectivity index (χ0) is 22.8. The minimum Gasteiger partial charge on any atom is -0.392 e. The standard InChI is InChI=1S/C25H19ClFN5O/c26-20-4-2-1-3-18(20)14-29-25-28-11-9-21(30-25)24-23(17-5-7-19(27)8-6-17)31-22-13-16(15-33)10-12-32(22)24/h1-13,33H,14-15H2,(H,28,29,30). The smallest absolute Gasteiger partial charge is 0.223 e. The van der Waals surface area contributed by atoms with Gasteiger partial charge in [-0.3, -0.25) is 4.40 Å². The van der Waals surface area contributed by atoms with Crippen LogP contribution in [0.5, 0.6) is 0 Å². The van der Waals surface area contributed by atoms with Gasteiger partial charge in [0.05, 0.1) is 23.7 Å². The summed E-state index contributed by atoms with van der Waals surface area (Å²) in [5, 5.41) is 13.4. The molecule has 5 rings (SSSR count). The fourth-order valence-electron chi connectivity index (χ4n) is 3.63. The lowest BCUT2D eigenvalue weighted by Crippen LogP contribution is -2.05. The Balaban J connectivity index is 1.58. The van der Waals surface area contributed by atoms with Crippen molar-refractivity contribution in [1.29, 1.82) is 0 Å². The number of hydrogen-bond acceptors (Lipinski definition) is 5. The molecule has 0 bridgehead atoms. The highest BCUT2D eigenvalue weighted by molar-refractivity contribution is 6.31. The predicted octanol–water partition coefficient (Wildman–Crippen LogP) is 5.36. The van der Waals surface area contributed by atoms with E-state index < -0.39 is 0 Å². The molecule has 2 aromatic carbocycles. The van der Waals surface area contributed by atoms with Crippen molar-refractivity contribution >= 4 is 23.2 Å². The van der Waals surface area contributed by atoms with E-state index in [0.29, 0.717) is 34.6 Å². The molecule has 0 atom stereocenters. The van der Waals surface area contributed by atoms with Gasteiger partial charge in [0.2, 0.25) is 5.95 Å². The van der Waals surface area contributed by atoms with Crippen molar-refractivity contribution in [1.82, 2.24) is 19.4 Å². The summed E-state index contributed by atoms with van der Waals surface area (Å²) in [5.41, 5.74) is 5.13. The minimum atomic E-state index is -0.320. The fourth-order valence-corrected chi connectivity index (χ4v) is 3.83. The van der Waals surface area contributed by atoms with Crippen LogP contribution in [-0.4, -0.2) is 24.5 Å². The Bertz CT molecular complexity index is 1430. The third kappa shape index (κ3) is 4.28. The second-order valence-corrected chi connectivity index (χ2v) is 7.85. The maximum atomic E-state index is 13.5. The molecule has 0 aliphatic rings. The van der Waals surface area contributed by atoms with Crippen LogP contribution in [0.4, 0.5) is 10.3 Å². The van der Waals surface area contributed by atoms with Crippen molar-refractivity contribution in [3.8, 4) is 22.6 Å². The SMILES string of the molecule is OCc1ccn2c(-c3ccnc(NCc4ccccc4Cl)n3)c(-c3ccc(F)cc3)nc2c1. The molecular weight excluding hydrogens is 441 g/mol. The Morgan fingerprint density at radius 3 is 2.61 bits per heavy atom. The lowest BCUT2D eigenvalue weighted by atomic mass is 10.1. The molecule has 164 valence electrons. The Hall–Kier alpha value is -3.81. The second kappa shape index (κ2) is 8.97. The highest BCUT2D eigenvalue weighted by Gasteiger charge is 2.18. The van der Waals surface area contributed by atoms with Gasteiger partial charge < -0.3 is 10.4 Å². The monoisotopic (exact) mass is 459 g/mol. The first-order chi connectivity index (χ1) is 16.1. The molecule has 3 aromatic heterocycles. The number of fused-ring (bicyclic) bond motifs is 1. The minimum absolute atomic E-state index is 0.0891. The maximum absolute atomic E-state index is 13.5. The van der Waals surface area contributed by atoms with Crippen LogP contribution in [0, 0.1) is 5.82 Å². The van der Waals surface area contributed by atoms with Crippen LogP contribution in [0.15, 0.2) is 79.1 Å². The first-order valence-corrected chi connectivity index (χ1v) is 10.7. The fraction of sp³-hybridized carbons (Fsp3) is 0.0800. The number of hydrogen-bond donors (Lipinski definition) is 2. The second-order valence-electron chi connectivity index (χ2n) is 7.45. The first-order valence-electron chi connectivity index (χ1n) is 10.3. The summed E-state index contributed by atoms with van der Waals surface area (Å²) in [5.74, 6) is 0.124. The number of halogens is 2. The molecule has 0 saturated heterocycles. The summed E-state index contributed by atoms with van der Waals surface area (Å²) in [4.78, 5) is 13.8. The van der Waals surface area contributed by atoms with Crippen molar-refractivity contribution in [3.05, 3.63) is 101 Å². The number of anilines is 1. The summed E-state index contributed by atoms with van der Waals surface area (Å²) in [7, 11) is 0. The van der Waals surface area contributed by atoms with E-state index in [2.05, 4.69) is 10.3 Å². The Morgan fingerprint density at radius 1 is 1.00 bits per heavy atom. The molecular formula is C25H19ClFN5O. The van der Waals surface area contributed by atoms with Gasteiger partial charge in [0.1, 0.15) is 11.5 Å². The summed E-state index contributed by atoms with van der Waals surface area (Å²) in [6.45, 7) is 0.384. The van der Waals surface area contributed by atoms with E-state index in [-0.39, 0.29) is 12.4 Å². The van der Waals surface area contributed by atoms with Gasteiger partial charge in [-0.1, -0.05) is 29.8 Å². The molecule has 0 aliphatic carbocycles. The number of aliphatic hydroxyl groups excluding tert-OH is 1. The summed E-state index contributed by atoms with van der Waals surface area (Å²) < 4.78 is 15.4. The van der Waals surface area contributed by atoms with Gasteiger partial charge in [-0.2, -0.15) is 0 Å². The van der Waals surface area contributed by atoms with E-state index in [9.17, 15) is 9.50 Å². The normalized spacial score (nSPS) is 11.1. The number of aliphatic hydroxyl groups is 1. The molecule has 0 spiro atoms. The molecule has 5 aromatic rings. The van der Waals surface area contributed by atoms with Gasteiger partial charge in [0, 0.05) is 29.5 Å². The van der Waals surface area contributed by atoms with Crippen molar-refractivity contribution < 1.29 is 9.50 Å². The van der Waals surface area contributed by atoms with Gasteiger partial charge in [-0.15, -0.1) is 0 Å². The van der Waals surface area contributed by atoms with E-state index in [1.807, 2.05) is 47.0 Å². The molecule has 0 saturated carbocycles. The van der Waals surface area contributed by atoms with Crippen molar-refractivity contribution in [2.45, 2.75) is 13.2 Å². The molecule has 8 heteroatoms. The van der Waals surface area contributed by atoms with E-state index in [0.717, 1.165) is 22.4 Å². The molecule has 0 amide bonds. The van der Waals surface area contributed by atoms with Crippen molar-refractivity contribution in [3.63, 3.8) is 0 Å². The van der Waals surface area contributed by atoms with Gasteiger partial charge in [-0.05, 0) is 59.7 Å². The highest BCUT2D eigenvalue weighted by atomic mass is 35.5. The summed E-state index contributed by atoms with van der Waals surface area (Å²) >= 11 is 6.26. The molecule has 33 heavy (non-hydrogen) atoms. The number of aromatic nitrogens is 4. The van der Waals surface area contributed by atoms with Crippen LogP contribution < -0.4 is 5.32 Å². The topological polar surface area (TPSA) is 75.3 Å². The number of imidazole rings is 1. The lowest BCUT2D eigenvalue weighted by molar-refractivity contribution is 0.282. The van der Waals surface area contributed by atoms with Gasteiger partial charge in [0.25, 0.3) is 0 Å². The summed E-state index contributed by atoms with van der Waals surface area (Å²) in [6, 6.07) is 19.2. The van der Waals surface area contributed by atoms with Crippen molar-refractivity contribution in [2.75, 3.05) is 5.32 Å². The number of pyridine rings is 1. The van der Waals surface area contributed by atoms with Crippen LogP contribution in [0.25, 0.3) is 28.3 Å². The number of rotatable bonds is 6. The zero-order valence-corrected chi connectivity index (χ0v) is 18.2. The van der Waals surface area contributed by atoms with E-state index in [4.69, 9.17) is 21.6 Å². The summed E-state index contributed by atoms with van der Waals surface area (Å²) in [6.07, 6.45) is 3.52. The Kier molecular flexibility index (Phi) is 5.73. The molecule has 6 nitrogen and oxygen atoms in total. The van der Waals surface area contributed by atoms with Crippen LogP contribution in [0.3, 0.4) is 0 Å². The highest BCUT2D eigenvalue weighted by Crippen LogP contribution is 2.32. The number of benzene rings is 2. The third-order valence-corrected chi connectivity index (χ3v) is 5.65. The average Bonchev–Trinajstić information content (AvgIpc) is 3.23. The quantitative estimate of drug-likeness (QED) is 0.358. The van der Waals surface area contributed by atoms with E-state index in [1.165, 1.54) is 12.1 Å². The van der Waals surface area contributed by atoms with Crippen LogP contribution >= 0.6 is 11.6 Å². The third-order valence-electron chi connectivity index (χ3n) is 5.28. The van der Waals surface area contributed by atoms with Gasteiger partial charge in [0.15, 0.2) is 0 Å². The van der Waals surface area contributed by atoms with Crippen LogP contribution in [0.2, 0.25) is 5.02 Å². The van der Waals surface area contributed by atoms with E-state index in [1.54, 1.807) is 24.4 Å². The van der Waals surface area contributed by atoms with Gasteiger partial charge in [-0.25, -0.2) is 19.3 Å². The van der Waals surface area contributed by atoms with Crippen LogP contribution in [-0.2, 0) is 13.2 Å². The molecule has 2 N–H and O–H groups in total. The predicted molar refractivity (Wildman–Crippen MR) is 126 cm³/mol. The van der Waals surface area contributed by atoms with Crippen LogP contribution in [0.1, 0.15) is 11.1 Å². The largest absolute Gasteiger partial charge is 0.392 e. The molecule has 0 unspecified atom stereocenters. The maximum Gasteiger partial charge on any atom is 0.223 e. The number of nitrogens with zero attached hydrogens (tertiary/aromatic N) is 4. The molecule has 0 aliphatic heterocycles. The van der Waals surface area contributed by atoms with Crippen molar-refractivity contribution in [2.24, 2.45) is 0 Å². The van der Waals surface area contributed by atoms with Gasteiger partial charge >= 0.3 is 0 Å². The zero-order valence-electron chi connectivity index (χ0n) is 17.4. The first kappa shape index (κ1) is 21.1. The Morgan fingerprint density at radius 2 is 1.82 bits per heavy atom. The lowest BCUT2D eigenvalue weighted by Gasteiger charge is -2.09. The van der Waals surface area contributed by atoms with E-state index >= 15 is 0 Å². The molecule has 0 fully saturated rings. The Labute approximate surface area is 194 Å². The average molecular weight is 460 g/mol.